The van der Waals surface area contributed by atoms with Crippen LogP contribution in [0.2, 0.25) is 0 Å². The number of halogens is 1. The number of nitrogen functional groups attached to an aromatic ring is 1. The van der Waals surface area contributed by atoms with E-state index in [1.807, 2.05) is 0 Å². The molecule has 0 atom stereocenters. The van der Waals surface area contributed by atoms with Gasteiger partial charge in [-0.3, -0.25) is 14.9 Å². The summed E-state index contributed by atoms with van der Waals surface area (Å²) in [5.74, 6) is -0.414. The van der Waals surface area contributed by atoms with Crippen molar-refractivity contribution in [1.82, 2.24) is 9.97 Å². The van der Waals surface area contributed by atoms with E-state index >= 15 is 0 Å². The Morgan fingerprint density at radius 1 is 1.35 bits per heavy atom. The van der Waals surface area contributed by atoms with E-state index in [0.29, 0.717) is 5.82 Å². The number of carbonyl (C=O) groups excluding carboxylic acids is 1. The number of amides is 1. The molecule has 102 valence electrons. The molecule has 0 aliphatic rings. The van der Waals surface area contributed by atoms with E-state index in [1.165, 1.54) is 6.20 Å². The molecular formula is C11H8BrN5O3. The van der Waals surface area contributed by atoms with Crippen LogP contribution in [-0.2, 0) is 0 Å². The fourth-order valence-corrected chi connectivity index (χ4v) is 1.61. The second kappa shape index (κ2) is 5.61. The number of pyridine rings is 2. The summed E-state index contributed by atoms with van der Waals surface area (Å²) in [5, 5.41) is 13.1. The van der Waals surface area contributed by atoms with Crippen LogP contribution in [0, 0.1) is 10.1 Å². The minimum atomic E-state index is -0.652. The standard InChI is InChI=1S/C11H8BrN5O3/c12-6-1-2-9(14-4-6)16-11(18)8-3-7(17(19)20)5-15-10(8)13/h1-5H,(H2,13,15)(H,14,16,18). The van der Waals surface area contributed by atoms with Gasteiger partial charge in [-0.15, -0.1) is 0 Å². The Labute approximate surface area is 121 Å². The Hall–Kier alpha value is -2.55. The first-order valence-corrected chi connectivity index (χ1v) is 6.09. The number of aromatic nitrogens is 2. The van der Waals surface area contributed by atoms with Crippen molar-refractivity contribution in [2.75, 3.05) is 11.1 Å². The molecule has 8 nitrogen and oxygen atoms in total. The van der Waals surface area contributed by atoms with Gasteiger partial charge >= 0.3 is 0 Å². The van der Waals surface area contributed by atoms with Crippen LogP contribution < -0.4 is 11.1 Å². The normalized spacial score (nSPS) is 10.1. The van der Waals surface area contributed by atoms with Gasteiger partial charge in [-0.1, -0.05) is 0 Å². The maximum Gasteiger partial charge on any atom is 0.288 e. The van der Waals surface area contributed by atoms with E-state index < -0.39 is 10.8 Å². The lowest BCUT2D eigenvalue weighted by molar-refractivity contribution is -0.385. The number of nitro groups is 1. The fraction of sp³-hybridized carbons (Fsp3) is 0. The molecule has 0 saturated heterocycles. The van der Waals surface area contributed by atoms with Gasteiger partial charge in [0.25, 0.3) is 11.6 Å². The summed E-state index contributed by atoms with van der Waals surface area (Å²) in [7, 11) is 0. The fourth-order valence-electron chi connectivity index (χ4n) is 1.38. The van der Waals surface area contributed by atoms with Gasteiger partial charge in [-0.2, -0.15) is 0 Å². The predicted molar refractivity (Wildman–Crippen MR) is 75.2 cm³/mol. The minimum absolute atomic E-state index is 0.0797. The molecule has 0 unspecified atom stereocenters. The van der Waals surface area contributed by atoms with E-state index in [0.717, 1.165) is 16.7 Å². The molecule has 0 saturated carbocycles. The largest absolute Gasteiger partial charge is 0.383 e. The monoisotopic (exact) mass is 337 g/mol. The third-order valence-electron chi connectivity index (χ3n) is 2.33. The average molecular weight is 338 g/mol. The molecule has 0 aliphatic heterocycles. The Morgan fingerprint density at radius 3 is 2.70 bits per heavy atom. The average Bonchev–Trinajstić information content (AvgIpc) is 2.41. The van der Waals surface area contributed by atoms with Crippen molar-refractivity contribution in [2.24, 2.45) is 0 Å². The highest BCUT2D eigenvalue weighted by Gasteiger charge is 2.17. The lowest BCUT2D eigenvalue weighted by Gasteiger charge is -2.06. The number of nitrogens with one attached hydrogen (secondary N) is 1. The van der Waals surface area contributed by atoms with Gasteiger partial charge in [0.15, 0.2) is 0 Å². The molecule has 2 aromatic rings. The molecule has 0 aliphatic carbocycles. The smallest absolute Gasteiger partial charge is 0.288 e. The van der Waals surface area contributed by atoms with Gasteiger partial charge in [-0.25, -0.2) is 9.97 Å². The van der Waals surface area contributed by atoms with Crippen molar-refractivity contribution < 1.29 is 9.72 Å². The van der Waals surface area contributed by atoms with E-state index in [-0.39, 0.29) is 17.1 Å². The molecule has 0 bridgehead atoms. The molecule has 2 rings (SSSR count). The SMILES string of the molecule is Nc1ncc([N+](=O)[O-])cc1C(=O)Nc1ccc(Br)cn1. The van der Waals surface area contributed by atoms with Crippen molar-refractivity contribution in [1.29, 1.82) is 0 Å². The van der Waals surface area contributed by atoms with E-state index in [4.69, 9.17) is 5.73 Å². The van der Waals surface area contributed by atoms with Crippen LogP contribution >= 0.6 is 15.9 Å². The van der Waals surface area contributed by atoms with Crippen LogP contribution in [0.1, 0.15) is 10.4 Å². The van der Waals surface area contributed by atoms with Crippen LogP contribution in [-0.4, -0.2) is 20.8 Å². The van der Waals surface area contributed by atoms with Crippen LogP contribution in [0.15, 0.2) is 35.1 Å². The summed E-state index contributed by atoms with van der Waals surface area (Å²) in [6.07, 6.45) is 2.49. The zero-order valence-electron chi connectivity index (χ0n) is 9.91. The second-order valence-electron chi connectivity index (χ2n) is 3.70. The summed E-state index contributed by atoms with van der Waals surface area (Å²) >= 11 is 3.21. The topological polar surface area (TPSA) is 124 Å². The minimum Gasteiger partial charge on any atom is -0.383 e. The molecule has 9 heteroatoms. The van der Waals surface area contributed by atoms with E-state index in [1.54, 1.807) is 12.1 Å². The molecule has 0 fully saturated rings. The summed E-state index contributed by atoms with van der Waals surface area (Å²) in [5.41, 5.74) is 5.15. The highest BCUT2D eigenvalue weighted by Crippen LogP contribution is 2.18. The number of anilines is 2. The molecule has 20 heavy (non-hydrogen) atoms. The highest BCUT2D eigenvalue weighted by atomic mass is 79.9. The van der Waals surface area contributed by atoms with Crippen molar-refractivity contribution in [2.45, 2.75) is 0 Å². The molecule has 0 radical (unpaired) electrons. The Kier molecular flexibility index (Phi) is 3.89. The third-order valence-corrected chi connectivity index (χ3v) is 2.80. The van der Waals surface area contributed by atoms with Crippen molar-refractivity contribution in [3.63, 3.8) is 0 Å². The summed E-state index contributed by atoms with van der Waals surface area (Å²) in [6, 6.07) is 4.33. The van der Waals surface area contributed by atoms with Gasteiger partial charge in [0, 0.05) is 16.7 Å². The molecule has 2 heterocycles. The number of nitrogens with zero attached hydrogens (tertiary/aromatic N) is 3. The van der Waals surface area contributed by atoms with Gasteiger partial charge in [-0.05, 0) is 28.1 Å². The molecule has 0 spiro atoms. The number of hydrogen-bond acceptors (Lipinski definition) is 6. The summed E-state index contributed by atoms with van der Waals surface area (Å²) in [4.78, 5) is 29.6. The Balaban J connectivity index is 2.26. The molecule has 0 aromatic carbocycles. The van der Waals surface area contributed by atoms with Crippen molar-refractivity contribution >= 4 is 39.2 Å². The van der Waals surface area contributed by atoms with Crippen LogP contribution in [0.25, 0.3) is 0 Å². The van der Waals surface area contributed by atoms with Gasteiger partial charge in [0.05, 0.1) is 10.5 Å². The van der Waals surface area contributed by atoms with E-state index in [2.05, 4.69) is 31.2 Å². The lowest BCUT2D eigenvalue weighted by atomic mass is 10.2. The third kappa shape index (κ3) is 3.06. The molecule has 2 aromatic heterocycles. The first-order valence-electron chi connectivity index (χ1n) is 5.30. The predicted octanol–water partition coefficient (Wildman–Crippen LogP) is 1.98. The van der Waals surface area contributed by atoms with Gasteiger partial charge in [0.1, 0.15) is 17.8 Å². The van der Waals surface area contributed by atoms with Crippen molar-refractivity contribution in [3.05, 3.63) is 50.7 Å². The van der Waals surface area contributed by atoms with Crippen molar-refractivity contribution in [3.8, 4) is 0 Å². The number of hydrogen-bond donors (Lipinski definition) is 2. The van der Waals surface area contributed by atoms with Gasteiger partial charge in [0.2, 0.25) is 0 Å². The quantitative estimate of drug-likeness (QED) is 0.651. The zero-order valence-corrected chi connectivity index (χ0v) is 11.5. The van der Waals surface area contributed by atoms with Gasteiger partial charge < -0.3 is 11.1 Å². The lowest BCUT2D eigenvalue weighted by Crippen LogP contribution is -2.16. The zero-order chi connectivity index (χ0) is 14.7. The van der Waals surface area contributed by atoms with Crippen LogP contribution in [0.5, 0.6) is 0 Å². The first-order chi connectivity index (χ1) is 9.47. The molecule has 3 N–H and O–H groups in total. The first kappa shape index (κ1) is 13.9. The highest BCUT2D eigenvalue weighted by molar-refractivity contribution is 9.10. The Morgan fingerprint density at radius 2 is 2.10 bits per heavy atom. The number of rotatable bonds is 3. The maximum atomic E-state index is 12.0. The van der Waals surface area contributed by atoms with Crippen LogP contribution in [0.4, 0.5) is 17.3 Å². The summed E-state index contributed by atoms with van der Waals surface area (Å²) < 4.78 is 0.757. The van der Waals surface area contributed by atoms with E-state index in [9.17, 15) is 14.9 Å². The Bertz CT molecular complexity index is 674. The van der Waals surface area contributed by atoms with Crippen LogP contribution in [0.3, 0.4) is 0 Å². The number of carbonyl (C=O) groups is 1. The molecular weight excluding hydrogens is 330 g/mol. The second-order valence-corrected chi connectivity index (χ2v) is 4.61. The summed E-state index contributed by atoms with van der Waals surface area (Å²) in [6.45, 7) is 0. The number of nitrogens with two attached hydrogens (primary N) is 1. The maximum absolute atomic E-state index is 12.0. The molecule has 1 amide bonds.